The normalized spacial score (nSPS) is 14.4. The second-order valence-corrected chi connectivity index (χ2v) is 5.40. The van der Waals surface area contributed by atoms with E-state index in [2.05, 4.69) is 26.0 Å². The fourth-order valence-electron chi connectivity index (χ4n) is 1.42. The van der Waals surface area contributed by atoms with Gasteiger partial charge in [0, 0.05) is 15.7 Å². The monoisotopic (exact) mass is 256 g/mol. The molecule has 0 aliphatic heterocycles. The zero-order valence-electron chi connectivity index (χ0n) is 10.9. The summed E-state index contributed by atoms with van der Waals surface area (Å²) < 4.78 is 10.4. The minimum Gasteiger partial charge on any atom is -0.464 e. The highest BCUT2D eigenvalue weighted by Crippen LogP contribution is 2.24. The molecule has 3 nitrogen and oxygen atoms in total. The van der Waals surface area contributed by atoms with Crippen LogP contribution >= 0.6 is 11.3 Å². The second kappa shape index (κ2) is 6.77. The SMILES string of the molecule is CCOC(=O)C(C)OCC(C)c1ccc(C)s1. The summed E-state index contributed by atoms with van der Waals surface area (Å²) >= 11 is 1.77. The van der Waals surface area contributed by atoms with Gasteiger partial charge in [-0.25, -0.2) is 4.79 Å². The Hall–Kier alpha value is -0.870. The van der Waals surface area contributed by atoms with Gasteiger partial charge in [-0.05, 0) is 32.9 Å². The Balaban J connectivity index is 2.37. The molecule has 0 N–H and O–H groups in total. The Morgan fingerprint density at radius 1 is 1.41 bits per heavy atom. The number of thiophene rings is 1. The number of ether oxygens (including phenoxy) is 2. The van der Waals surface area contributed by atoms with Gasteiger partial charge in [-0.3, -0.25) is 0 Å². The van der Waals surface area contributed by atoms with Crippen molar-refractivity contribution >= 4 is 17.3 Å². The molecule has 17 heavy (non-hydrogen) atoms. The summed E-state index contributed by atoms with van der Waals surface area (Å²) in [7, 11) is 0. The molecule has 0 spiro atoms. The molecule has 4 heteroatoms. The summed E-state index contributed by atoms with van der Waals surface area (Å²) in [6, 6.07) is 4.22. The molecular weight excluding hydrogens is 236 g/mol. The number of esters is 1. The predicted octanol–water partition coefficient (Wildman–Crippen LogP) is 3.13. The molecule has 0 saturated carbocycles. The van der Waals surface area contributed by atoms with Gasteiger partial charge in [-0.1, -0.05) is 6.92 Å². The van der Waals surface area contributed by atoms with Crippen LogP contribution in [0.4, 0.5) is 0 Å². The van der Waals surface area contributed by atoms with Crippen LogP contribution in [0.5, 0.6) is 0 Å². The molecule has 0 bridgehead atoms. The molecule has 0 amide bonds. The lowest BCUT2D eigenvalue weighted by Gasteiger charge is -2.15. The first-order valence-corrected chi connectivity index (χ1v) is 6.70. The maximum absolute atomic E-state index is 11.4. The van der Waals surface area contributed by atoms with E-state index in [4.69, 9.17) is 9.47 Å². The maximum Gasteiger partial charge on any atom is 0.334 e. The molecule has 1 rings (SSSR count). The molecule has 2 unspecified atom stereocenters. The lowest BCUT2D eigenvalue weighted by atomic mass is 10.1. The lowest BCUT2D eigenvalue weighted by Crippen LogP contribution is -2.24. The van der Waals surface area contributed by atoms with Crippen molar-refractivity contribution in [1.82, 2.24) is 0 Å². The summed E-state index contributed by atoms with van der Waals surface area (Å²) in [5, 5.41) is 0. The van der Waals surface area contributed by atoms with Crippen molar-refractivity contribution in [3.8, 4) is 0 Å². The van der Waals surface area contributed by atoms with Crippen molar-refractivity contribution < 1.29 is 14.3 Å². The van der Waals surface area contributed by atoms with E-state index in [1.165, 1.54) is 9.75 Å². The number of rotatable bonds is 6. The van der Waals surface area contributed by atoms with Gasteiger partial charge in [-0.2, -0.15) is 0 Å². The van der Waals surface area contributed by atoms with Gasteiger partial charge in [0.1, 0.15) is 0 Å². The smallest absolute Gasteiger partial charge is 0.334 e. The van der Waals surface area contributed by atoms with Crippen molar-refractivity contribution in [2.75, 3.05) is 13.2 Å². The van der Waals surface area contributed by atoms with E-state index < -0.39 is 6.10 Å². The molecule has 96 valence electrons. The van der Waals surface area contributed by atoms with Crippen LogP contribution in [0.25, 0.3) is 0 Å². The van der Waals surface area contributed by atoms with Gasteiger partial charge in [0.2, 0.25) is 0 Å². The number of hydrogen-bond donors (Lipinski definition) is 0. The van der Waals surface area contributed by atoms with E-state index in [1.807, 2.05) is 0 Å². The minimum atomic E-state index is -0.488. The predicted molar refractivity (Wildman–Crippen MR) is 69.5 cm³/mol. The molecule has 1 aromatic heterocycles. The fourth-order valence-corrected chi connectivity index (χ4v) is 2.33. The molecule has 1 aromatic rings. The van der Waals surface area contributed by atoms with Crippen molar-refractivity contribution in [1.29, 1.82) is 0 Å². The van der Waals surface area contributed by atoms with Gasteiger partial charge in [0.05, 0.1) is 13.2 Å². The molecule has 1 heterocycles. The Kier molecular flexibility index (Phi) is 5.65. The fraction of sp³-hybridized carbons (Fsp3) is 0.615. The molecule has 0 saturated heterocycles. The average molecular weight is 256 g/mol. The quantitative estimate of drug-likeness (QED) is 0.734. The van der Waals surface area contributed by atoms with Crippen LogP contribution < -0.4 is 0 Å². The number of carbonyl (C=O) groups excluding carboxylic acids is 1. The second-order valence-electron chi connectivity index (χ2n) is 4.08. The molecular formula is C13H20O3S. The Morgan fingerprint density at radius 2 is 2.12 bits per heavy atom. The van der Waals surface area contributed by atoms with Crippen LogP contribution in [0.15, 0.2) is 12.1 Å². The summed E-state index contributed by atoms with van der Waals surface area (Å²) in [4.78, 5) is 13.9. The Labute approximate surface area is 107 Å². The Bertz CT molecular complexity index is 359. The van der Waals surface area contributed by atoms with Crippen LogP contribution in [-0.4, -0.2) is 25.3 Å². The number of hydrogen-bond acceptors (Lipinski definition) is 4. The zero-order valence-corrected chi connectivity index (χ0v) is 11.7. The maximum atomic E-state index is 11.4. The summed E-state index contributed by atoms with van der Waals surface area (Å²) in [5.74, 6) is 0.0210. The van der Waals surface area contributed by atoms with Crippen molar-refractivity contribution in [3.05, 3.63) is 21.9 Å². The van der Waals surface area contributed by atoms with E-state index in [1.54, 1.807) is 25.2 Å². The molecule has 0 radical (unpaired) electrons. The van der Waals surface area contributed by atoms with Gasteiger partial charge in [0.15, 0.2) is 6.10 Å². The van der Waals surface area contributed by atoms with E-state index in [-0.39, 0.29) is 5.97 Å². The van der Waals surface area contributed by atoms with Gasteiger partial charge in [-0.15, -0.1) is 11.3 Å². The van der Waals surface area contributed by atoms with E-state index >= 15 is 0 Å². The third-order valence-electron chi connectivity index (χ3n) is 2.46. The molecule has 2 atom stereocenters. The third-order valence-corrected chi connectivity index (χ3v) is 3.69. The van der Waals surface area contributed by atoms with Gasteiger partial charge >= 0.3 is 5.97 Å². The first-order valence-electron chi connectivity index (χ1n) is 5.89. The van der Waals surface area contributed by atoms with Gasteiger partial charge < -0.3 is 9.47 Å². The lowest BCUT2D eigenvalue weighted by molar-refractivity contribution is -0.155. The molecule has 0 aliphatic rings. The van der Waals surface area contributed by atoms with Crippen LogP contribution in [0.2, 0.25) is 0 Å². The first kappa shape index (κ1) is 14.2. The third kappa shape index (κ3) is 4.48. The van der Waals surface area contributed by atoms with Crippen LogP contribution in [0.3, 0.4) is 0 Å². The van der Waals surface area contributed by atoms with E-state index in [9.17, 15) is 4.79 Å². The molecule has 0 fully saturated rings. The van der Waals surface area contributed by atoms with Crippen LogP contribution in [0.1, 0.15) is 36.4 Å². The molecule has 0 aromatic carbocycles. The minimum absolute atomic E-state index is 0.290. The summed E-state index contributed by atoms with van der Waals surface area (Å²) in [6.45, 7) is 8.64. The zero-order chi connectivity index (χ0) is 12.8. The topological polar surface area (TPSA) is 35.5 Å². The van der Waals surface area contributed by atoms with Crippen molar-refractivity contribution in [2.45, 2.75) is 39.7 Å². The highest BCUT2D eigenvalue weighted by molar-refractivity contribution is 7.12. The van der Waals surface area contributed by atoms with E-state index in [0.29, 0.717) is 19.1 Å². The van der Waals surface area contributed by atoms with Crippen LogP contribution in [0, 0.1) is 6.92 Å². The highest BCUT2D eigenvalue weighted by Gasteiger charge is 2.16. The average Bonchev–Trinajstić information content (AvgIpc) is 2.72. The highest BCUT2D eigenvalue weighted by atomic mass is 32.1. The first-order chi connectivity index (χ1) is 8.04. The number of carbonyl (C=O) groups is 1. The standard InChI is InChI=1S/C13H20O3S/c1-5-15-13(14)11(4)16-8-9(2)12-7-6-10(3)17-12/h6-7,9,11H,5,8H2,1-4H3. The van der Waals surface area contributed by atoms with Crippen molar-refractivity contribution in [2.24, 2.45) is 0 Å². The summed E-state index contributed by atoms with van der Waals surface area (Å²) in [6.07, 6.45) is -0.488. The van der Waals surface area contributed by atoms with Crippen LogP contribution in [-0.2, 0) is 14.3 Å². The molecule has 0 aliphatic carbocycles. The van der Waals surface area contributed by atoms with Gasteiger partial charge in [0.25, 0.3) is 0 Å². The summed E-state index contributed by atoms with van der Waals surface area (Å²) in [5.41, 5.74) is 0. The Morgan fingerprint density at radius 3 is 2.65 bits per heavy atom. The van der Waals surface area contributed by atoms with Crippen molar-refractivity contribution in [3.63, 3.8) is 0 Å². The van der Waals surface area contributed by atoms with E-state index in [0.717, 1.165) is 0 Å². The number of aryl methyl sites for hydroxylation is 1. The largest absolute Gasteiger partial charge is 0.464 e.